The van der Waals surface area contributed by atoms with Gasteiger partial charge in [-0.15, -0.1) is 0 Å². The van der Waals surface area contributed by atoms with E-state index in [1.165, 1.54) is 13.1 Å². The molecule has 1 aliphatic heterocycles. The van der Waals surface area contributed by atoms with Gasteiger partial charge in [0.2, 0.25) is 11.3 Å². The minimum atomic E-state index is -0.735. The molecule has 1 aliphatic rings. The average Bonchev–Trinajstić information content (AvgIpc) is 2.68. The summed E-state index contributed by atoms with van der Waals surface area (Å²) in [6.45, 7) is 7.45. The van der Waals surface area contributed by atoms with Gasteiger partial charge >= 0.3 is 5.97 Å². The van der Waals surface area contributed by atoms with E-state index in [2.05, 4.69) is 4.98 Å². The highest BCUT2D eigenvalue weighted by Crippen LogP contribution is 2.23. The molecule has 1 fully saturated rings. The van der Waals surface area contributed by atoms with Crippen molar-refractivity contribution >= 4 is 28.7 Å². The maximum absolute atomic E-state index is 14.8. The molecule has 2 aromatic heterocycles. The Morgan fingerprint density at radius 1 is 1.21 bits per heavy atom. The third-order valence-electron chi connectivity index (χ3n) is 4.84. The fraction of sp³-hybridized carbons (Fsp3) is 0.474. The number of rotatable bonds is 4. The maximum Gasteiger partial charge on any atom is 0.343 e. The van der Waals surface area contributed by atoms with Crippen molar-refractivity contribution in [3.63, 3.8) is 0 Å². The molecule has 3 heterocycles. The predicted molar refractivity (Wildman–Crippen MR) is 102 cm³/mol. The number of carbonyl (C=O) groups excluding carboxylic acids is 2. The van der Waals surface area contributed by atoms with Gasteiger partial charge in [-0.2, -0.15) is 0 Å². The van der Waals surface area contributed by atoms with Crippen LogP contribution in [0.4, 0.5) is 10.2 Å². The van der Waals surface area contributed by atoms with Gasteiger partial charge in [0.15, 0.2) is 11.6 Å². The largest absolute Gasteiger partial charge is 0.462 e. The Bertz CT molecular complexity index is 980. The zero-order chi connectivity index (χ0) is 20.4. The fourth-order valence-corrected chi connectivity index (χ4v) is 3.33. The van der Waals surface area contributed by atoms with Crippen molar-refractivity contribution in [3.8, 4) is 0 Å². The van der Waals surface area contributed by atoms with E-state index in [1.807, 2.05) is 6.92 Å². The number of anilines is 1. The smallest absolute Gasteiger partial charge is 0.343 e. The molecule has 0 N–H and O–H groups in total. The lowest BCUT2D eigenvalue weighted by Crippen LogP contribution is -2.48. The first-order chi connectivity index (χ1) is 13.4. The van der Waals surface area contributed by atoms with Crippen molar-refractivity contribution in [2.45, 2.75) is 27.3 Å². The summed E-state index contributed by atoms with van der Waals surface area (Å²) in [4.78, 5) is 44.1. The summed E-state index contributed by atoms with van der Waals surface area (Å²) in [6.07, 6.45) is 1.41. The van der Waals surface area contributed by atoms with E-state index in [1.54, 1.807) is 21.3 Å². The highest BCUT2D eigenvalue weighted by molar-refractivity contribution is 5.93. The number of aryl methyl sites for hydroxylation is 1. The van der Waals surface area contributed by atoms with Crippen LogP contribution < -0.4 is 10.3 Å². The molecule has 0 aromatic carbocycles. The minimum absolute atomic E-state index is 0.0158. The van der Waals surface area contributed by atoms with E-state index in [0.29, 0.717) is 38.4 Å². The number of hydrogen-bond acceptors (Lipinski definition) is 6. The van der Waals surface area contributed by atoms with Crippen LogP contribution in [0.1, 0.15) is 31.1 Å². The Morgan fingerprint density at radius 2 is 1.89 bits per heavy atom. The molecule has 3 rings (SSSR count). The molecule has 0 bridgehead atoms. The van der Waals surface area contributed by atoms with Gasteiger partial charge in [0.1, 0.15) is 11.2 Å². The first-order valence-corrected chi connectivity index (χ1v) is 9.28. The van der Waals surface area contributed by atoms with Crippen molar-refractivity contribution in [2.75, 3.05) is 37.7 Å². The lowest BCUT2D eigenvalue weighted by Gasteiger charge is -2.35. The first-order valence-electron chi connectivity index (χ1n) is 9.28. The zero-order valence-electron chi connectivity index (χ0n) is 16.2. The number of nitrogens with zero attached hydrogens (tertiary/aromatic N) is 4. The van der Waals surface area contributed by atoms with Gasteiger partial charge in [-0.05, 0) is 19.9 Å². The van der Waals surface area contributed by atoms with Crippen molar-refractivity contribution in [2.24, 2.45) is 0 Å². The quantitative estimate of drug-likeness (QED) is 0.734. The van der Waals surface area contributed by atoms with Crippen LogP contribution in [0.3, 0.4) is 0 Å². The standard InChI is InChI=1S/C19H23FN4O4/c1-4-22-11-14(19(27)28-5-2)16(26)13-10-15(20)18(21-17(13)22)24-8-6-23(7-9-24)12(3)25/h10-11H,4-9H2,1-3H3. The number of ether oxygens (including phenoxy) is 1. The second kappa shape index (κ2) is 7.95. The van der Waals surface area contributed by atoms with E-state index in [4.69, 9.17) is 4.74 Å². The molecule has 2 aromatic rings. The first kappa shape index (κ1) is 19.8. The molecule has 0 atom stereocenters. The minimum Gasteiger partial charge on any atom is -0.462 e. The maximum atomic E-state index is 14.8. The fourth-order valence-electron chi connectivity index (χ4n) is 3.33. The zero-order valence-corrected chi connectivity index (χ0v) is 16.2. The van der Waals surface area contributed by atoms with Crippen LogP contribution in [0, 0.1) is 5.82 Å². The third kappa shape index (κ3) is 3.56. The molecule has 0 saturated carbocycles. The Labute approximate surface area is 161 Å². The highest BCUT2D eigenvalue weighted by atomic mass is 19.1. The van der Waals surface area contributed by atoms with Crippen LogP contribution in [-0.2, 0) is 16.1 Å². The van der Waals surface area contributed by atoms with Crippen molar-refractivity contribution in [1.29, 1.82) is 0 Å². The molecule has 9 heteroatoms. The Kier molecular flexibility index (Phi) is 5.62. The van der Waals surface area contributed by atoms with Crippen LogP contribution in [0.2, 0.25) is 0 Å². The Hall–Kier alpha value is -2.97. The van der Waals surface area contributed by atoms with Gasteiger partial charge in [0, 0.05) is 45.8 Å². The summed E-state index contributed by atoms with van der Waals surface area (Å²) >= 11 is 0. The molecule has 0 radical (unpaired) electrons. The Morgan fingerprint density at radius 3 is 2.46 bits per heavy atom. The summed E-state index contributed by atoms with van der Waals surface area (Å²) < 4.78 is 21.4. The molecular weight excluding hydrogens is 367 g/mol. The van der Waals surface area contributed by atoms with E-state index >= 15 is 0 Å². The van der Waals surface area contributed by atoms with Crippen molar-refractivity contribution < 1.29 is 18.7 Å². The normalized spacial score (nSPS) is 14.4. The van der Waals surface area contributed by atoms with Gasteiger partial charge < -0.3 is 19.1 Å². The Balaban J connectivity index is 2.06. The van der Waals surface area contributed by atoms with E-state index in [0.717, 1.165) is 6.07 Å². The average molecular weight is 390 g/mol. The highest BCUT2D eigenvalue weighted by Gasteiger charge is 2.24. The number of pyridine rings is 2. The van der Waals surface area contributed by atoms with E-state index in [9.17, 15) is 18.8 Å². The topological polar surface area (TPSA) is 84.7 Å². The molecule has 1 amide bonds. The number of amides is 1. The summed E-state index contributed by atoms with van der Waals surface area (Å²) in [6, 6.07) is 1.13. The molecular formula is C19H23FN4O4. The number of fused-ring (bicyclic) bond motifs is 1. The molecule has 0 aliphatic carbocycles. The number of aromatic nitrogens is 2. The van der Waals surface area contributed by atoms with E-state index < -0.39 is 17.2 Å². The summed E-state index contributed by atoms with van der Waals surface area (Å²) in [5.74, 6) is -1.25. The molecule has 28 heavy (non-hydrogen) atoms. The second-order valence-electron chi connectivity index (χ2n) is 6.54. The number of hydrogen-bond donors (Lipinski definition) is 0. The summed E-state index contributed by atoms with van der Waals surface area (Å²) in [5, 5.41) is 0.0380. The van der Waals surface area contributed by atoms with Crippen LogP contribution in [0.25, 0.3) is 11.0 Å². The number of esters is 1. The van der Waals surface area contributed by atoms with Gasteiger partial charge in [-0.1, -0.05) is 0 Å². The van der Waals surface area contributed by atoms with Crippen molar-refractivity contribution in [3.05, 3.63) is 33.9 Å². The van der Waals surface area contributed by atoms with Gasteiger partial charge in [-0.25, -0.2) is 14.2 Å². The van der Waals surface area contributed by atoms with Gasteiger partial charge in [0.25, 0.3) is 0 Å². The van der Waals surface area contributed by atoms with Crippen molar-refractivity contribution in [1.82, 2.24) is 14.5 Å². The third-order valence-corrected chi connectivity index (χ3v) is 4.84. The summed E-state index contributed by atoms with van der Waals surface area (Å²) in [7, 11) is 0. The van der Waals surface area contributed by atoms with Crippen LogP contribution >= 0.6 is 0 Å². The number of piperazine rings is 1. The molecule has 150 valence electrons. The van der Waals surface area contributed by atoms with E-state index in [-0.39, 0.29) is 29.3 Å². The van der Waals surface area contributed by atoms with Crippen LogP contribution in [0.15, 0.2) is 17.1 Å². The molecule has 0 unspecified atom stereocenters. The van der Waals surface area contributed by atoms with Crippen LogP contribution in [-0.4, -0.2) is 59.1 Å². The van der Waals surface area contributed by atoms with Gasteiger partial charge in [-0.3, -0.25) is 9.59 Å². The molecule has 1 saturated heterocycles. The number of carbonyl (C=O) groups is 2. The lowest BCUT2D eigenvalue weighted by molar-refractivity contribution is -0.129. The van der Waals surface area contributed by atoms with Crippen LogP contribution in [0.5, 0.6) is 0 Å². The SMILES string of the molecule is CCOC(=O)c1cn(CC)c2nc(N3CCN(C(C)=O)CC3)c(F)cc2c1=O. The molecule has 8 nitrogen and oxygen atoms in total. The predicted octanol–water partition coefficient (Wildman–Crippen LogP) is 1.40. The second-order valence-corrected chi connectivity index (χ2v) is 6.54. The number of halogens is 1. The lowest BCUT2D eigenvalue weighted by atomic mass is 10.1. The molecule has 0 spiro atoms. The monoisotopic (exact) mass is 390 g/mol. The van der Waals surface area contributed by atoms with Gasteiger partial charge in [0.05, 0.1) is 12.0 Å². The summed E-state index contributed by atoms with van der Waals surface area (Å²) in [5.41, 5.74) is -0.427.